The van der Waals surface area contributed by atoms with Gasteiger partial charge in [0, 0.05) is 0 Å². The summed E-state index contributed by atoms with van der Waals surface area (Å²) in [5.41, 5.74) is 5.75. The second-order valence-electron chi connectivity index (χ2n) is 6.55. The molecule has 2 aromatic carbocycles. The first-order valence-electron chi connectivity index (χ1n) is 9.18. The van der Waals surface area contributed by atoms with Gasteiger partial charge in [-0.25, -0.2) is 0 Å². The predicted molar refractivity (Wildman–Crippen MR) is 104 cm³/mol. The molecule has 1 aliphatic rings. The molecular weight excluding hydrogens is 310 g/mol. The number of rotatable bonds is 6. The molecule has 0 bridgehead atoms. The van der Waals surface area contributed by atoms with Crippen molar-refractivity contribution in [2.24, 2.45) is 5.92 Å². The van der Waals surface area contributed by atoms with Crippen LogP contribution in [0.4, 0.5) is 0 Å². The summed E-state index contributed by atoms with van der Waals surface area (Å²) < 4.78 is 0. The van der Waals surface area contributed by atoms with Crippen molar-refractivity contribution < 1.29 is 9.90 Å². The Morgan fingerprint density at radius 3 is 1.92 bits per heavy atom. The summed E-state index contributed by atoms with van der Waals surface area (Å²) in [5.74, 6) is -0.909. The molecule has 0 heterocycles. The van der Waals surface area contributed by atoms with E-state index in [0.717, 1.165) is 32.5 Å². The van der Waals surface area contributed by atoms with Gasteiger partial charge in [0.2, 0.25) is 0 Å². The van der Waals surface area contributed by atoms with Crippen LogP contribution in [-0.4, -0.2) is 35.6 Å². The standard InChI is InChI=1S/C13H10.C9H19NO2/c1-3-7-12-10(5-1)9-11-6-2-4-8-13(11)12;1-4-10(5-2)7-6-8(3)9(11)12/h1-8H,9H2;8H,4-7H2,1-3H3,(H,11,12). The summed E-state index contributed by atoms with van der Waals surface area (Å²) in [7, 11) is 0. The first-order chi connectivity index (χ1) is 12.1. The maximum atomic E-state index is 10.5. The van der Waals surface area contributed by atoms with Gasteiger partial charge >= 0.3 is 5.97 Å². The topological polar surface area (TPSA) is 40.5 Å². The Morgan fingerprint density at radius 2 is 1.48 bits per heavy atom. The maximum absolute atomic E-state index is 10.5. The first-order valence-corrected chi connectivity index (χ1v) is 9.18. The monoisotopic (exact) mass is 339 g/mol. The van der Waals surface area contributed by atoms with Gasteiger partial charge in [-0.2, -0.15) is 0 Å². The summed E-state index contributed by atoms with van der Waals surface area (Å²) in [6.45, 7) is 8.84. The van der Waals surface area contributed by atoms with Gasteiger partial charge in [-0.05, 0) is 54.7 Å². The minimum absolute atomic E-state index is 0.217. The van der Waals surface area contributed by atoms with Crippen LogP contribution >= 0.6 is 0 Å². The Kier molecular flexibility index (Phi) is 7.20. The molecule has 0 aliphatic heterocycles. The normalized spacial score (nSPS) is 12.8. The fourth-order valence-corrected chi connectivity index (χ4v) is 3.12. The number of hydrogen-bond donors (Lipinski definition) is 1. The summed E-state index contributed by atoms with van der Waals surface area (Å²) >= 11 is 0. The SMILES string of the molecule is CCN(CC)CCC(C)C(=O)O.c1ccc2c(c1)Cc1ccccc1-2. The molecule has 1 atom stereocenters. The molecule has 0 amide bonds. The van der Waals surface area contributed by atoms with Crippen molar-refractivity contribution in [1.82, 2.24) is 4.90 Å². The minimum atomic E-state index is -0.692. The average molecular weight is 339 g/mol. The van der Waals surface area contributed by atoms with Crippen LogP contribution < -0.4 is 0 Å². The van der Waals surface area contributed by atoms with Crippen molar-refractivity contribution in [2.45, 2.75) is 33.6 Å². The smallest absolute Gasteiger partial charge is 0.306 e. The molecule has 3 nitrogen and oxygen atoms in total. The Labute approximate surface area is 151 Å². The molecule has 1 N–H and O–H groups in total. The molecule has 0 radical (unpaired) electrons. The van der Waals surface area contributed by atoms with E-state index in [1.165, 1.54) is 22.3 Å². The fourth-order valence-electron chi connectivity index (χ4n) is 3.12. The van der Waals surface area contributed by atoms with Crippen molar-refractivity contribution in [2.75, 3.05) is 19.6 Å². The molecule has 0 aromatic heterocycles. The third-order valence-electron chi connectivity index (χ3n) is 4.90. The fraction of sp³-hybridized carbons (Fsp3) is 0.409. The second-order valence-corrected chi connectivity index (χ2v) is 6.55. The van der Waals surface area contributed by atoms with Crippen LogP contribution in [0.1, 0.15) is 38.3 Å². The zero-order valence-electron chi connectivity index (χ0n) is 15.5. The number of carboxylic acid groups (broad SMARTS) is 1. The number of carbonyl (C=O) groups is 1. The first kappa shape index (κ1) is 19.2. The predicted octanol–water partition coefficient (Wildman–Crippen LogP) is 4.70. The summed E-state index contributed by atoms with van der Waals surface area (Å²) in [5, 5.41) is 8.62. The van der Waals surface area contributed by atoms with E-state index >= 15 is 0 Å². The molecule has 0 fully saturated rings. The van der Waals surface area contributed by atoms with E-state index in [0.29, 0.717) is 0 Å². The highest BCUT2D eigenvalue weighted by atomic mass is 16.4. The molecule has 0 saturated heterocycles. The zero-order chi connectivity index (χ0) is 18.2. The zero-order valence-corrected chi connectivity index (χ0v) is 15.5. The lowest BCUT2D eigenvalue weighted by molar-refractivity contribution is -0.141. The molecule has 3 rings (SSSR count). The van der Waals surface area contributed by atoms with Gasteiger partial charge in [-0.15, -0.1) is 0 Å². The van der Waals surface area contributed by atoms with Crippen LogP contribution in [0.5, 0.6) is 0 Å². The van der Waals surface area contributed by atoms with Crippen molar-refractivity contribution >= 4 is 5.97 Å². The summed E-state index contributed by atoms with van der Waals surface area (Å²) in [6.07, 6.45) is 1.85. The van der Waals surface area contributed by atoms with Crippen molar-refractivity contribution in [3.05, 3.63) is 59.7 Å². The second kappa shape index (κ2) is 9.38. The highest BCUT2D eigenvalue weighted by Gasteiger charge is 2.15. The van der Waals surface area contributed by atoms with Gasteiger partial charge in [0.15, 0.2) is 0 Å². The lowest BCUT2D eigenvalue weighted by atomic mass is 10.1. The Hall–Kier alpha value is -2.13. The lowest BCUT2D eigenvalue weighted by Crippen LogP contribution is -2.26. The van der Waals surface area contributed by atoms with Gasteiger partial charge in [-0.3, -0.25) is 4.79 Å². The van der Waals surface area contributed by atoms with E-state index in [1.54, 1.807) is 6.92 Å². The molecule has 0 saturated carbocycles. The maximum Gasteiger partial charge on any atom is 0.306 e. The van der Waals surface area contributed by atoms with Crippen LogP contribution in [0.2, 0.25) is 0 Å². The number of aliphatic carboxylic acids is 1. The third kappa shape index (κ3) is 5.17. The molecule has 134 valence electrons. The van der Waals surface area contributed by atoms with Crippen LogP contribution in [0.3, 0.4) is 0 Å². The number of carboxylic acids is 1. The highest BCUT2D eigenvalue weighted by molar-refractivity contribution is 5.76. The molecule has 25 heavy (non-hydrogen) atoms. The van der Waals surface area contributed by atoms with Crippen LogP contribution in [-0.2, 0) is 11.2 Å². The molecule has 2 aromatic rings. The molecule has 3 heteroatoms. The van der Waals surface area contributed by atoms with Crippen molar-refractivity contribution in [1.29, 1.82) is 0 Å². The lowest BCUT2D eigenvalue weighted by Gasteiger charge is -2.18. The van der Waals surface area contributed by atoms with E-state index in [1.807, 2.05) is 0 Å². The van der Waals surface area contributed by atoms with Crippen molar-refractivity contribution in [3.8, 4) is 11.1 Å². The molecule has 1 aliphatic carbocycles. The number of fused-ring (bicyclic) bond motifs is 3. The Morgan fingerprint density at radius 1 is 1.00 bits per heavy atom. The summed E-state index contributed by atoms with van der Waals surface area (Å²) in [4.78, 5) is 12.7. The summed E-state index contributed by atoms with van der Waals surface area (Å²) in [6, 6.07) is 17.3. The van der Waals surface area contributed by atoms with Crippen LogP contribution in [0, 0.1) is 5.92 Å². The Bertz CT molecular complexity index is 648. The number of benzene rings is 2. The van der Waals surface area contributed by atoms with Crippen molar-refractivity contribution in [3.63, 3.8) is 0 Å². The number of nitrogens with zero attached hydrogens (tertiary/aromatic N) is 1. The largest absolute Gasteiger partial charge is 0.481 e. The van der Waals surface area contributed by atoms with Gasteiger partial charge < -0.3 is 10.0 Å². The minimum Gasteiger partial charge on any atom is -0.481 e. The quantitative estimate of drug-likeness (QED) is 0.708. The van der Waals surface area contributed by atoms with Crippen LogP contribution in [0.15, 0.2) is 48.5 Å². The van der Waals surface area contributed by atoms with E-state index in [4.69, 9.17) is 5.11 Å². The molecule has 1 unspecified atom stereocenters. The molecule has 0 spiro atoms. The van der Waals surface area contributed by atoms with Gasteiger partial charge in [-0.1, -0.05) is 69.3 Å². The molecular formula is C22H29NO2. The number of hydrogen-bond acceptors (Lipinski definition) is 2. The highest BCUT2D eigenvalue weighted by Crippen LogP contribution is 2.35. The Balaban J connectivity index is 0.000000182. The third-order valence-corrected chi connectivity index (χ3v) is 4.90. The average Bonchev–Trinajstić information content (AvgIpc) is 3.01. The van der Waals surface area contributed by atoms with Gasteiger partial charge in [0.05, 0.1) is 5.92 Å². The van der Waals surface area contributed by atoms with E-state index in [9.17, 15) is 4.79 Å². The van der Waals surface area contributed by atoms with E-state index in [-0.39, 0.29) is 5.92 Å². The van der Waals surface area contributed by atoms with E-state index < -0.39 is 5.97 Å². The van der Waals surface area contributed by atoms with Gasteiger partial charge in [0.1, 0.15) is 0 Å². The van der Waals surface area contributed by atoms with Gasteiger partial charge in [0.25, 0.3) is 0 Å². The van der Waals surface area contributed by atoms with E-state index in [2.05, 4.69) is 67.3 Å². The van der Waals surface area contributed by atoms with Crippen LogP contribution in [0.25, 0.3) is 11.1 Å².